The monoisotopic (exact) mass is 245 g/mol. The van der Waals surface area contributed by atoms with Crippen molar-refractivity contribution < 1.29 is 4.42 Å². The zero-order valence-corrected chi connectivity index (χ0v) is 11.3. The van der Waals surface area contributed by atoms with Crippen LogP contribution in [0.3, 0.4) is 0 Å². The zero-order chi connectivity index (χ0) is 11.3. The van der Waals surface area contributed by atoms with Gasteiger partial charge in [-0.05, 0) is 30.9 Å². The van der Waals surface area contributed by atoms with Crippen molar-refractivity contribution in [2.75, 3.05) is 11.5 Å². The van der Waals surface area contributed by atoms with E-state index in [9.17, 15) is 0 Å². The van der Waals surface area contributed by atoms with E-state index in [2.05, 4.69) is 31.5 Å². The molecule has 0 bridgehead atoms. The van der Waals surface area contributed by atoms with Gasteiger partial charge in [-0.1, -0.05) is 25.6 Å². The molecule has 0 aliphatic rings. The van der Waals surface area contributed by atoms with E-state index >= 15 is 0 Å². The maximum Gasteiger partial charge on any atom is 0.255 e. The van der Waals surface area contributed by atoms with Gasteiger partial charge in [0.05, 0.1) is 5.69 Å². The van der Waals surface area contributed by atoms with Gasteiger partial charge in [0.15, 0.2) is 0 Å². The molecule has 0 amide bonds. The average molecular weight is 245 g/mol. The van der Waals surface area contributed by atoms with Gasteiger partial charge in [-0.3, -0.25) is 0 Å². The molecule has 0 N–H and O–H groups in total. The predicted molar refractivity (Wildman–Crippen MR) is 68.8 cm³/mol. The summed E-state index contributed by atoms with van der Waals surface area (Å²) in [5, 5.41) is 0.778. The van der Waals surface area contributed by atoms with Crippen LogP contribution in [0.15, 0.2) is 15.9 Å². The molecule has 15 heavy (non-hydrogen) atoms. The van der Waals surface area contributed by atoms with Crippen molar-refractivity contribution in [2.24, 2.45) is 5.41 Å². The molecule has 0 aliphatic heterocycles. The fourth-order valence-electron chi connectivity index (χ4n) is 1.34. The summed E-state index contributed by atoms with van der Waals surface area (Å²) in [5.74, 6) is 1.95. The van der Waals surface area contributed by atoms with Crippen molar-refractivity contribution in [1.82, 2.24) is 4.98 Å². The molecule has 0 saturated heterocycles. The fourth-order valence-corrected chi connectivity index (χ4v) is 3.31. The Morgan fingerprint density at radius 2 is 2.13 bits per heavy atom. The van der Waals surface area contributed by atoms with E-state index in [0.29, 0.717) is 5.41 Å². The molecule has 1 aromatic heterocycles. The lowest BCUT2D eigenvalue weighted by atomic mass is 9.87. The maximum atomic E-state index is 5.32. The van der Waals surface area contributed by atoms with E-state index in [4.69, 9.17) is 4.42 Å². The van der Waals surface area contributed by atoms with Gasteiger partial charge >= 0.3 is 0 Å². The Kier molecular flexibility index (Phi) is 5.06. The SMILES string of the molecule is CCC(CC)(CS)CSc1nc(C)co1. The molecule has 0 saturated carbocycles. The quantitative estimate of drug-likeness (QED) is 0.609. The molecule has 1 aromatic rings. The Labute approximate surface area is 102 Å². The molecule has 1 heterocycles. The van der Waals surface area contributed by atoms with E-state index in [1.807, 2.05) is 6.92 Å². The predicted octanol–water partition coefficient (Wildman–Crippen LogP) is 3.81. The van der Waals surface area contributed by atoms with E-state index in [1.54, 1.807) is 18.0 Å². The van der Waals surface area contributed by atoms with Crippen LogP contribution in [0.2, 0.25) is 0 Å². The summed E-state index contributed by atoms with van der Waals surface area (Å²) in [6.45, 7) is 6.39. The zero-order valence-electron chi connectivity index (χ0n) is 9.62. The Morgan fingerprint density at radius 3 is 2.53 bits per heavy atom. The third kappa shape index (κ3) is 3.45. The van der Waals surface area contributed by atoms with Crippen LogP contribution < -0.4 is 0 Å². The smallest absolute Gasteiger partial charge is 0.255 e. The topological polar surface area (TPSA) is 26.0 Å². The minimum Gasteiger partial charge on any atom is -0.440 e. The van der Waals surface area contributed by atoms with Crippen molar-refractivity contribution in [3.8, 4) is 0 Å². The summed E-state index contributed by atoms with van der Waals surface area (Å²) < 4.78 is 5.32. The lowest BCUT2D eigenvalue weighted by Gasteiger charge is -2.28. The fraction of sp³-hybridized carbons (Fsp3) is 0.727. The minimum atomic E-state index is 0.316. The van der Waals surface area contributed by atoms with Gasteiger partial charge in [0.25, 0.3) is 5.22 Å². The second kappa shape index (κ2) is 5.85. The molecule has 0 atom stereocenters. The van der Waals surface area contributed by atoms with Crippen LogP contribution in [-0.4, -0.2) is 16.5 Å². The van der Waals surface area contributed by atoms with Gasteiger partial charge < -0.3 is 4.42 Å². The molecule has 0 spiro atoms. The van der Waals surface area contributed by atoms with E-state index in [1.165, 1.54) is 0 Å². The number of thiol groups is 1. The number of hydrogen-bond acceptors (Lipinski definition) is 4. The Balaban J connectivity index is 2.54. The third-order valence-electron chi connectivity index (χ3n) is 2.94. The van der Waals surface area contributed by atoms with E-state index in [0.717, 1.165) is 35.3 Å². The summed E-state index contributed by atoms with van der Waals surface area (Å²) in [5.41, 5.74) is 1.26. The van der Waals surface area contributed by atoms with Gasteiger partial charge in [-0.15, -0.1) is 0 Å². The molecule has 2 nitrogen and oxygen atoms in total. The van der Waals surface area contributed by atoms with Crippen LogP contribution in [-0.2, 0) is 0 Å². The average Bonchev–Trinajstić information content (AvgIpc) is 2.67. The molecule has 0 fully saturated rings. The Bertz CT molecular complexity index is 286. The molecule has 0 radical (unpaired) electrons. The van der Waals surface area contributed by atoms with Gasteiger partial charge in [0, 0.05) is 5.75 Å². The summed E-state index contributed by atoms with van der Waals surface area (Å²) in [7, 11) is 0. The van der Waals surface area contributed by atoms with Crippen molar-refractivity contribution in [2.45, 2.75) is 38.8 Å². The van der Waals surface area contributed by atoms with Crippen LogP contribution in [0.25, 0.3) is 0 Å². The summed E-state index contributed by atoms with van der Waals surface area (Å²) >= 11 is 6.14. The molecule has 0 unspecified atom stereocenters. The highest BCUT2D eigenvalue weighted by molar-refractivity contribution is 7.99. The van der Waals surface area contributed by atoms with Crippen LogP contribution >= 0.6 is 24.4 Å². The van der Waals surface area contributed by atoms with Crippen molar-refractivity contribution in [3.05, 3.63) is 12.0 Å². The van der Waals surface area contributed by atoms with Gasteiger partial charge in [0.2, 0.25) is 0 Å². The number of rotatable bonds is 6. The standard InChI is InChI=1S/C11H19NOS2/c1-4-11(5-2,7-14)8-15-10-12-9(3)6-13-10/h6,14H,4-5,7-8H2,1-3H3. The van der Waals surface area contributed by atoms with Crippen LogP contribution in [0, 0.1) is 12.3 Å². The summed E-state index contributed by atoms with van der Waals surface area (Å²) in [6, 6.07) is 0. The van der Waals surface area contributed by atoms with Gasteiger partial charge in [-0.25, -0.2) is 4.98 Å². The normalized spacial score (nSPS) is 12.0. The third-order valence-corrected chi connectivity index (χ3v) is 4.80. The van der Waals surface area contributed by atoms with Crippen LogP contribution in [0.1, 0.15) is 32.4 Å². The minimum absolute atomic E-state index is 0.316. The number of oxazole rings is 1. The van der Waals surface area contributed by atoms with Gasteiger partial charge in [-0.2, -0.15) is 12.6 Å². The van der Waals surface area contributed by atoms with Gasteiger partial charge in [0.1, 0.15) is 6.26 Å². The Hall–Kier alpha value is -0.0900. The largest absolute Gasteiger partial charge is 0.440 e. The van der Waals surface area contributed by atoms with Crippen LogP contribution in [0.4, 0.5) is 0 Å². The number of aromatic nitrogens is 1. The van der Waals surface area contributed by atoms with Crippen molar-refractivity contribution >= 4 is 24.4 Å². The molecule has 86 valence electrons. The highest BCUT2D eigenvalue weighted by atomic mass is 32.2. The first kappa shape index (κ1) is 13.0. The van der Waals surface area contributed by atoms with E-state index < -0.39 is 0 Å². The number of aryl methyl sites for hydroxylation is 1. The lowest BCUT2D eigenvalue weighted by molar-refractivity contribution is 0.355. The molecule has 1 rings (SSSR count). The molecule has 0 aromatic carbocycles. The first-order chi connectivity index (χ1) is 7.15. The second-order valence-electron chi connectivity index (χ2n) is 3.91. The first-order valence-electron chi connectivity index (χ1n) is 5.31. The number of hydrogen-bond donors (Lipinski definition) is 1. The van der Waals surface area contributed by atoms with Crippen molar-refractivity contribution in [3.63, 3.8) is 0 Å². The summed E-state index contributed by atoms with van der Waals surface area (Å²) in [6.07, 6.45) is 4.00. The molecule has 4 heteroatoms. The summed E-state index contributed by atoms with van der Waals surface area (Å²) in [4.78, 5) is 4.29. The van der Waals surface area contributed by atoms with Crippen LogP contribution in [0.5, 0.6) is 0 Å². The van der Waals surface area contributed by atoms with E-state index in [-0.39, 0.29) is 0 Å². The highest BCUT2D eigenvalue weighted by Gasteiger charge is 2.25. The van der Waals surface area contributed by atoms with Crippen molar-refractivity contribution in [1.29, 1.82) is 0 Å². The number of thioether (sulfide) groups is 1. The first-order valence-corrected chi connectivity index (χ1v) is 6.93. The molecule has 0 aliphatic carbocycles. The maximum absolute atomic E-state index is 5.32. The second-order valence-corrected chi connectivity index (χ2v) is 5.15. The molecular formula is C11H19NOS2. The Morgan fingerprint density at radius 1 is 1.47 bits per heavy atom. The molecular weight excluding hydrogens is 226 g/mol. The number of nitrogens with zero attached hydrogens (tertiary/aromatic N) is 1. The lowest BCUT2D eigenvalue weighted by Crippen LogP contribution is -2.24. The highest BCUT2D eigenvalue weighted by Crippen LogP contribution is 2.34.